The van der Waals surface area contributed by atoms with Gasteiger partial charge in [0.25, 0.3) is 0 Å². The van der Waals surface area contributed by atoms with E-state index in [9.17, 15) is 4.79 Å². The molecular weight excluding hydrogens is 216 g/mol. The van der Waals surface area contributed by atoms with Crippen LogP contribution in [0.5, 0.6) is 0 Å². The van der Waals surface area contributed by atoms with Gasteiger partial charge in [-0.1, -0.05) is 24.3 Å². The van der Waals surface area contributed by atoms with Crippen molar-refractivity contribution < 1.29 is 9.53 Å². The van der Waals surface area contributed by atoms with Crippen LogP contribution in [0.15, 0.2) is 24.3 Å². The van der Waals surface area contributed by atoms with Crippen molar-refractivity contribution in [1.82, 2.24) is 5.32 Å². The Labute approximate surface area is 102 Å². The summed E-state index contributed by atoms with van der Waals surface area (Å²) in [5.74, 6) is -0.433. The highest BCUT2D eigenvalue weighted by Gasteiger charge is 2.06. The average Bonchev–Trinajstić information content (AvgIpc) is 2.28. The lowest BCUT2D eigenvalue weighted by atomic mass is 10.0. The summed E-state index contributed by atoms with van der Waals surface area (Å²) in [6, 6.07) is 8.54. The Bertz CT molecular complexity index is 366. The van der Waals surface area contributed by atoms with Crippen LogP contribution < -0.4 is 11.1 Å². The van der Waals surface area contributed by atoms with Gasteiger partial charge in [0.15, 0.2) is 0 Å². The second kappa shape index (κ2) is 7.04. The van der Waals surface area contributed by atoms with Gasteiger partial charge in [-0.15, -0.1) is 0 Å². The van der Waals surface area contributed by atoms with E-state index < -0.39 is 5.91 Å². The van der Waals surface area contributed by atoms with E-state index in [2.05, 4.69) is 31.3 Å². The number of carbonyl (C=O) groups excluding carboxylic acids is 1. The molecule has 1 rings (SSSR count). The molecule has 0 saturated heterocycles. The predicted molar refractivity (Wildman–Crippen MR) is 67.6 cm³/mol. The number of nitrogens with one attached hydrogen (secondary N) is 1. The first-order valence-corrected chi connectivity index (χ1v) is 5.76. The van der Waals surface area contributed by atoms with Crippen LogP contribution in [0.25, 0.3) is 0 Å². The first-order chi connectivity index (χ1) is 8.11. The topological polar surface area (TPSA) is 64.3 Å². The van der Waals surface area contributed by atoms with Crippen molar-refractivity contribution in [2.24, 2.45) is 5.73 Å². The summed E-state index contributed by atoms with van der Waals surface area (Å²) in [7, 11) is 0. The van der Waals surface area contributed by atoms with Gasteiger partial charge in [0, 0.05) is 12.6 Å². The standard InChI is InChI=1S/C13H20N2O2/c1-10-5-3-4-6-12(10)11(2)15-7-8-17-9-13(14)16/h3-6,11,15H,7-9H2,1-2H3,(H2,14,16). The van der Waals surface area contributed by atoms with Crippen LogP contribution in [0.4, 0.5) is 0 Å². The zero-order valence-electron chi connectivity index (χ0n) is 10.4. The summed E-state index contributed by atoms with van der Waals surface area (Å²) in [6.45, 7) is 5.37. The Morgan fingerprint density at radius 2 is 2.18 bits per heavy atom. The minimum atomic E-state index is -0.433. The molecule has 4 heteroatoms. The van der Waals surface area contributed by atoms with Crippen molar-refractivity contribution in [2.45, 2.75) is 19.9 Å². The van der Waals surface area contributed by atoms with E-state index in [1.807, 2.05) is 12.1 Å². The van der Waals surface area contributed by atoms with Crippen LogP contribution in [0.2, 0.25) is 0 Å². The number of ether oxygens (including phenoxy) is 1. The molecule has 1 aromatic rings. The predicted octanol–water partition coefficient (Wildman–Crippen LogP) is 1.15. The summed E-state index contributed by atoms with van der Waals surface area (Å²) >= 11 is 0. The zero-order chi connectivity index (χ0) is 12.7. The van der Waals surface area contributed by atoms with E-state index in [0.29, 0.717) is 13.2 Å². The monoisotopic (exact) mass is 236 g/mol. The Balaban J connectivity index is 2.28. The number of benzene rings is 1. The lowest BCUT2D eigenvalue weighted by Gasteiger charge is -2.16. The van der Waals surface area contributed by atoms with Gasteiger partial charge in [0.1, 0.15) is 6.61 Å². The number of nitrogens with two attached hydrogens (primary N) is 1. The molecule has 0 heterocycles. The van der Waals surface area contributed by atoms with Gasteiger partial charge in [0.05, 0.1) is 6.61 Å². The number of primary amides is 1. The Kier molecular flexibility index (Phi) is 5.66. The smallest absolute Gasteiger partial charge is 0.243 e. The average molecular weight is 236 g/mol. The highest BCUT2D eigenvalue weighted by Crippen LogP contribution is 2.15. The van der Waals surface area contributed by atoms with Crippen LogP contribution in [-0.2, 0) is 9.53 Å². The van der Waals surface area contributed by atoms with E-state index >= 15 is 0 Å². The molecule has 1 aromatic carbocycles. The molecule has 17 heavy (non-hydrogen) atoms. The lowest BCUT2D eigenvalue weighted by molar-refractivity contribution is -0.122. The third-order valence-corrected chi connectivity index (χ3v) is 2.60. The molecule has 0 bridgehead atoms. The van der Waals surface area contributed by atoms with Crippen LogP contribution in [0.3, 0.4) is 0 Å². The third-order valence-electron chi connectivity index (χ3n) is 2.60. The highest BCUT2D eigenvalue weighted by atomic mass is 16.5. The molecule has 1 amide bonds. The summed E-state index contributed by atoms with van der Waals surface area (Å²) in [5, 5.41) is 3.34. The molecule has 94 valence electrons. The van der Waals surface area contributed by atoms with E-state index in [4.69, 9.17) is 10.5 Å². The summed E-state index contributed by atoms with van der Waals surface area (Å²) in [4.78, 5) is 10.4. The van der Waals surface area contributed by atoms with E-state index in [1.54, 1.807) is 0 Å². The fourth-order valence-electron chi connectivity index (χ4n) is 1.70. The molecule has 0 saturated carbocycles. The van der Waals surface area contributed by atoms with Crippen LogP contribution in [-0.4, -0.2) is 25.7 Å². The largest absolute Gasteiger partial charge is 0.370 e. The maximum absolute atomic E-state index is 10.4. The van der Waals surface area contributed by atoms with Gasteiger partial charge in [-0.05, 0) is 25.0 Å². The number of aryl methyl sites for hydroxylation is 1. The van der Waals surface area contributed by atoms with Crippen LogP contribution >= 0.6 is 0 Å². The normalized spacial score (nSPS) is 12.4. The van der Waals surface area contributed by atoms with Crippen molar-refractivity contribution in [1.29, 1.82) is 0 Å². The molecule has 4 nitrogen and oxygen atoms in total. The highest BCUT2D eigenvalue weighted by molar-refractivity contribution is 5.74. The molecule has 3 N–H and O–H groups in total. The number of rotatable bonds is 7. The molecule has 1 atom stereocenters. The second-order valence-corrected chi connectivity index (χ2v) is 4.05. The maximum Gasteiger partial charge on any atom is 0.243 e. The van der Waals surface area contributed by atoms with Crippen LogP contribution in [0.1, 0.15) is 24.1 Å². The minimum Gasteiger partial charge on any atom is -0.370 e. The Hall–Kier alpha value is -1.39. The Morgan fingerprint density at radius 3 is 2.82 bits per heavy atom. The molecule has 0 aliphatic rings. The van der Waals surface area contributed by atoms with E-state index in [0.717, 1.165) is 0 Å². The van der Waals surface area contributed by atoms with Crippen molar-refractivity contribution in [3.63, 3.8) is 0 Å². The fraction of sp³-hybridized carbons (Fsp3) is 0.462. The molecule has 0 aliphatic carbocycles. The lowest BCUT2D eigenvalue weighted by Crippen LogP contribution is -2.26. The van der Waals surface area contributed by atoms with Gasteiger partial charge in [-0.2, -0.15) is 0 Å². The molecule has 0 spiro atoms. The third kappa shape index (κ3) is 4.97. The first-order valence-electron chi connectivity index (χ1n) is 5.76. The van der Waals surface area contributed by atoms with Gasteiger partial charge < -0.3 is 15.8 Å². The Morgan fingerprint density at radius 1 is 1.47 bits per heavy atom. The number of hydrogen-bond acceptors (Lipinski definition) is 3. The molecule has 0 radical (unpaired) electrons. The maximum atomic E-state index is 10.4. The SMILES string of the molecule is Cc1ccccc1C(C)NCCOCC(N)=O. The molecule has 0 fully saturated rings. The quantitative estimate of drug-likeness (QED) is 0.698. The van der Waals surface area contributed by atoms with E-state index in [-0.39, 0.29) is 12.6 Å². The number of hydrogen-bond donors (Lipinski definition) is 2. The number of carbonyl (C=O) groups is 1. The van der Waals surface area contributed by atoms with Gasteiger partial charge >= 0.3 is 0 Å². The second-order valence-electron chi connectivity index (χ2n) is 4.05. The van der Waals surface area contributed by atoms with Crippen molar-refractivity contribution in [3.8, 4) is 0 Å². The summed E-state index contributed by atoms with van der Waals surface area (Å²) < 4.78 is 5.07. The van der Waals surface area contributed by atoms with Crippen molar-refractivity contribution in [2.75, 3.05) is 19.8 Å². The van der Waals surface area contributed by atoms with Crippen molar-refractivity contribution >= 4 is 5.91 Å². The summed E-state index contributed by atoms with van der Waals surface area (Å²) in [5.41, 5.74) is 7.51. The van der Waals surface area contributed by atoms with Crippen LogP contribution in [0, 0.1) is 6.92 Å². The van der Waals surface area contributed by atoms with Gasteiger partial charge in [0.2, 0.25) is 5.91 Å². The molecule has 0 aliphatic heterocycles. The van der Waals surface area contributed by atoms with E-state index in [1.165, 1.54) is 11.1 Å². The minimum absolute atomic E-state index is 0.0135. The summed E-state index contributed by atoms with van der Waals surface area (Å²) in [6.07, 6.45) is 0. The van der Waals surface area contributed by atoms with Gasteiger partial charge in [-0.25, -0.2) is 0 Å². The fourth-order valence-corrected chi connectivity index (χ4v) is 1.70. The molecule has 1 unspecified atom stereocenters. The zero-order valence-corrected chi connectivity index (χ0v) is 10.4. The molecular formula is C13H20N2O2. The van der Waals surface area contributed by atoms with Gasteiger partial charge in [-0.3, -0.25) is 4.79 Å². The first kappa shape index (κ1) is 13.7. The van der Waals surface area contributed by atoms with Crippen molar-refractivity contribution in [3.05, 3.63) is 35.4 Å². The number of amides is 1. The molecule has 0 aromatic heterocycles.